The Kier molecular flexibility index (Phi) is 5.64. The molecule has 0 spiro atoms. The van der Waals surface area contributed by atoms with Crippen molar-refractivity contribution in [2.24, 2.45) is 5.92 Å². The first kappa shape index (κ1) is 19.0. The molecule has 3 heterocycles. The SMILES string of the molecule is Cc1ccc2c(Nc3cccc(Br)c3)ncc(C(=O)NCC3CCOCC3)n12. The molecule has 0 aliphatic carbocycles. The van der Waals surface area contributed by atoms with Gasteiger partial charge in [0, 0.05) is 35.6 Å². The quantitative estimate of drug-likeness (QED) is 0.617. The zero-order chi connectivity index (χ0) is 19.5. The molecule has 0 radical (unpaired) electrons. The van der Waals surface area contributed by atoms with E-state index in [1.807, 2.05) is 47.7 Å². The summed E-state index contributed by atoms with van der Waals surface area (Å²) in [6.07, 6.45) is 3.62. The fraction of sp³-hybridized carbons (Fsp3) is 0.333. The van der Waals surface area contributed by atoms with E-state index in [-0.39, 0.29) is 5.91 Å². The van der Waals surface area contributed by atoms with Crippen LogP contribution in [0.5, 0.6) is 0 Å². The number of carbonyl (C=O) groups is 1. The van der Waals surface area contributed by atoms with Gasteiger partial charge in [0.05, 0.1) is 11.7 Å². The summed E-state index contributed by atoms with van der Waals surface area (Å²) < 4.78 is 8.33. The van der Waals surface area contributed by atoms with Crippen LogP contribution in [-0.2, 0) is 4.74 Å². The van der Waals surface area contributed by atoms with Gasteiger partial charge in [-0.15, -0.1) is 0 Å². The number of hydrogen-bond acceptors (Lipinski definition) is 4. The average Bonchev–Trinajstić information content (AvgIpc) is 3.10. The van der Waals surface area contributed by atoms with Gasteiger partial charge in [0.1, 0.15) is 5.69 Å². The summed E-state index contributed by atoms with van der Waals surface area (Å²) in [6.45, 7) is 4.21. The molecule has 28 heavy (non-hydrogen) atoms. The summed E-state index contributed by atoms with van der Waals surface area (Å²) in [4.78, 5) is 17.4. The number of amides is 1. The van der Waals surface area contributed by atoms with Crippen molar-refractivity contribution in [3.05, 3.63) is 58.5 Å². The smallest absolute Gasteiger partial charge is 0.269 e. The third kappa shape index (κ3) is 4.05. The van der Waals surface area contributed by atoms with Crippen molar-refractivity contribution in [1.82, 2.24) is 14.7 Å². The van der Waals surface area contributed by atoms with Gasteiger partial charge in [-0.2, -0.15) is 0 Å². The summed E-state index contributed by atoms with van der Waals surface area (Å²) in [7, 11) is 0. The molecular formula is C21H23BrN4O2. The minimum atomic E-state index is -0.0997. The lowest BCUT2D eigenvalue weighted by atomic mass is 10.0. The minimum Gasteiger partial charge on any atom is -0.381 e. The summed E-state index contributed by atoms with van der Waals surface area (Å²) >= 11 is 3.48. The third-order valence-corrected chi connectivity index (χ3v) is 5.58. The molecule has 146 valence electrons. The third-order valence-electron chi connectivity index (χ3n) is 5.09. The second-order valence-corrected chi connectivity index (χ2v) is 8.00. The van der Waals surface area contributed by atoms with E-state index in [1.54, 1.807) is 6.20 Å². The molecule has 3 aromatic rings. The van der Waals surface area contributed by atoms with Gasteiger partial charge in [0.15, 0.2) is 5.82 Å². The molecule has 2 N–H and O–H groups in total. The number of anilines is 2. The number of aryl methyl sites for hydroxylation is 1. The first-order valence-electron chi connectivity index (χ1n) is 9.47. The van der Waals surface area contributed by atoms with Crippen molar-refractivity contribution < 1.29 is 9.53 Å². The molecular weight excluding hydrogens is 420 g/mol. The van der Waals surface area contributed by atoms with Crippen molar-refractivity contribution >= 4 is 38.9 Å². The van der Waals surface area contributed by atoms with Gasteiger partial charge >= 0.3 is 0 Å². The van der Waals surface area contributed by atoms with Gasteiger partial charge in [-0.3, -0.25) is 4.79 Å². The van der Waals surface area contributed by atoms with E-state index >= 15 is 0 Å². The predicted octanol–water partition coefficient (Wildman–Crippen LogP) is 4.31. The zero-order valence-corrected chi connectivity index (χ0v) is 17.3. The van der Waals surface area contributed by atoms with Crippen LogP contribution < -0.4 is 10.6 Å². The van der Waals surface area contributed by atoms with Crippen molar-refractivity contribution in [1.29, 1.82) is 0 Å². The maximum Gasteiger partial charge on any atom is 0.269 e. The molecule has 1 aromatic carbocycles. The molecule has 1 aliphatic heterocycles. The van der Waals surface area contributed by atoms with Crippen LogP contribution in [-0.4, -0.2) is 35.1 Å². The van der Waals surface area contributed by atoms with E-state index in [9.17, 15) is 4.79 Å². The largest absolute Gasteiger partial charge is 0.381 e. The van der Waals surface area contributed by atoms with E-state index in [0.29, 0.717) is 24.0 Å². The Morgan fingerprint density at radius 3 is 2.89 bits per heavy atom. The van der Waals surface area contributed by atoms with E-state index in [0.717, 1.165) is 47.4 Å². The Labute approximate surface area is 172 Å². The van der Waals surface area contributed by atoms with E-state index in [1.165, 1.54) is 0 Å². The molecule has 1 amide bonds. The van der Waals surface area contributed by atoms with Crippen molar-refractivity contribution in [3.63, 3.8) is 0 Å². The molecule has 1 saturated heterocycles. The van der Waals surface area contributed by atoms with Crippen molar-refractivity contribution in [3.8, 4) is 0 Å². The monoisotopic (exact) mass is 442 g/mol. The Balaban J connectivity index is 1.58. The number of hydrogen-bond donors (Lipinski definition) is 2. The molecule has 6 nitrogen and oxygen atoms in total. The van der Waals surface area contributed by atoms with Crippen LogP contribution in [0.15, 0.2) is 47.1 Å². The topological polar surface area (TPSA) is 67.7 Å². The van der Waals surface area contributed by atoms with E-state index < -0.39 is 0 Å². The summed E-state index contributed by atoms with van der Waals surface area (Å²) in [6, 6.07) is 11.9. The number of aromatic nitrogens is 2. The second-order valence-electron chi connectivity index (χ2n) is 7.09. The highest BCUT2D eigenvalue weighted by Crippen LogP contribution is 2.25. The molecule has 2 aromatic heterocycles. The lowest BCUT2D eigenvalue weighted by Gasteiger charge is -2.22. The van der Waals surface area contributed by atoms with E-state index in [2.05, 4.69) is 31.5 Å². The zero-order valence-electron chi connectivity index (χ0n) is 15.7. The molecule has 0 bridgehead atoms. The summed E-state index contributed by atoms with van der Waals surface area (Å²) in [5, 5.41) is 6.42. The number of nitrogens with zero attached hydrogens (tertiary/aromatic N) is 2. The van der Waals surface area contributed by atoms with Crippen LogP contribution in [0.1, 0.15) is 29.0 Å². The number of fused-ring (bicyclic) bond motifs is 1. The number of benzene rings is 1. The first-order valence-corrected chi connectivity index (χ1v) is 10.3. The van der Waals surface area contributed by atoms with Gasteiger partial charge in [0.2, 0.25) is 0 Å². The maximum absolute atomic E-state index is 12.8. The number of rotatable bonds is 5. The Hall–Kier alpha value is -2.38. The van der Waals surface area contributed by atoms with Crippen molar-refractivity contribution in [2.75, 3.05) is 25.1 Å². The molecule has 0 unspecified atom stereocenters. The molecule has 7 heteroatoms. The summed E-state index contributed by atoms with van der Waals surface area (Å²) in [5.74, 6) is 1.09. The predicted molar refractivity (Wildman–Crippen MR) is 113 cm³/mol. The Morgan fingerprint density at radius 1 is 1.29 bits per heavy atom. The summed E-state index contributed by atoms with van der Waals surface area (Å²) in [5.41, 5.74) is 3.34. The maximum atomic E-state index is 12.8. The number of nitrogens with one attached hydrogen (secondary N) is 2. The first-order chi connectivity index (χ1) is 13.6. The highest BCUT2D eigenvalue weighted by atomic mass is 79.9. The molecule has 1 fully saturated rings. The van der Waals surface area contributed by atoms with Crippen LogP contribution in [0.25, 0.3) is 5.52 Å². The highest BCUT2D eigenvalue weighted by molar-refractivity contribution is 9.10. The number of ether oxygens (including phenoxy) is 1. The Morgan fingerprint density at radius 2 is 2.11 bits per heavy atom. The fourth-order valence-electron chi connectivity index (χ4n) is 3.53. The van der Waals surface area contributed by atoms with Gasteiger partial charge in [-0.1, -0.05) is 22.0 Å². The normalized spacial score (nSPS) is 14.9. The lowest BCUT2D eigenvalue weighted by molar-refractivity contribution is 0.0642. The number of halogens is 1. The van der Waals surface area contributed by atoms with Crippen LogP contribution in [0.4, 0.5) is 11.5 Å². The van der Waals surface area contributed by atoms with Crippen molar-refractivity contribution in [2.45, 2.75) is 19.8 Å². The van der Waals surface area contributed by atoms with Gasteiger partial charge in [-0.25, -0.2) is 4.98 Å². The minimum absolute atomic E-state index is 0.0997. The van der Waals surface area contributed by atoms with Gasteiger partial charge in [-0.05, 0) is 56.0 Å². The lowest BCUT2D eigenvalue weighted by Crippen LogP contribution is -2.33. The molecule has 4 rings (SSSR count). The van der Waals surface area contributed by atoms with Crippen LogP contribution in [0.2, 0.25) is 0 Å². The van der Waals surface area contributed by atoms with Crippen LogP contribution >= 0.6 is 15.9 Å². The fourth-order valence-corrected chi connectivity index (χ4v) is 3.93. The van der Waals surface area contributed by atoms with Crippen LogP contribution in [0, 0.1) is 12.8 Å². The Bertz CT molecular complexity index is 995. The van der Waals surface area contributed by atoms with E-state index in [4.69, 9.17) is 4.74 Å². The van der Waals surface area contributed by atoms with Gasteiger partial charge < -0.3 is 19.8 Å². The molecule has 1 aliphatic rings. The molecule has 0 saturated carbocycles. The highest BCUT2D eigenvalue weighted by Gasteiger charge is 2.18. The van der Waals surface area contributed by atoms with Gasteiger partial charge in [0.25, 0.3) is 5.91 Å². The second kappa shape index (κ2) is 8.32. The average molecular weight is 443 g/mol. The number of carbonyl (C=O) groups excluding carboxylic acids is 1. The standard InChI is InChI=1S/C21H23BrN4O2/c1-14-5-6-18-20(25-17-4-2-3-16(22)11-17)23-13-19(26(14)18)21(27)24-12-15-7-9-28-10-8-15/h2-6,11,13,15H,7-10,12H2,1H3,(H,23,25)(H,24,27). The van der Waals surface area contributed by atoms with Crippen LogP contribution in [0.3, 0.4) is 0 Å². The molecule has 0 atom stereocenters.